The largest absolute Gasteiger partial charge is 0.458 e. The van der Waals surface area contributed by atoms with E-state index in [4.69, 9.17) is 18.9 Å². The lowest BCUT2D eigenvalue weighted by Crippen LogP contribution is -2.37. The van der Waals surface area contributed by atoms with Gasteiger partial charge in [-0.1, -0.05) is 0 Å². The molecule has 2 aliphatic heterocycles. The van der Waals surface area contributed by atoms with Crippen molar-refractivity contribution in [3.05, 3.63) is 0 Å². The highest BCUT2D eigenvalue weighted by Gasteiger charge is 2.33. The second kappa shape index (κ2) is 8.16. The van der Waals surface area contributed by atoms with Crippen LogP contribution in [0.3, 0.4) is 0 Å². The fourth-order valence-corrected chi connectivity index (χ4v) is 2.67. The fraction of sp³-hybridized carbons (Fsp3) is 0.882. The summed E-state index contributed by atoms with van der Waals surface area (Å²) in [6, 6.07) is 0. The van der Waals surface area contributed by atoms with Crippen molar-refractivity contribution in [1.82, 2.24) is 4.90 Å². The Morgan fingerprint density at radius 3 is 2.67 bits per heavy atom. The van der Waals surface area contributed by atoms with Gasteiger partial charge in [0, 0.05) is 19.6 Å². The van der Waals surface area contributed by atoms with Crippen LogP contribution in [0.15, 0.2) is 0 Å². The van der Waals surface area contributed by atoms with Crippen LogP contribution in [0.4, 0.5) is 4.79 Å². The van der Waals surface area contributed by atoms with Gasteiger partial charge in [-0.3, -0.25) is 0 Å². The molecule has 24 heavy (non-hydrogen) atoms. The molecule has 2 rings (SSSR count). The van der Waals surface area contributed by atoms with Crippen molar-refractivity contribution in [1.29, 1.82) is 0 Å². The van der Waals surface area contributed by atoms with Crippen molar-refractivity contribution in [2.75, 3.05) is 26.3 Å². The summed E-state index contributed by atoms with van der Waals surface area (Å²) in [5.41, 5.74) is -0.531. The molecule has 7 nitrogen and oxygen atoms in total. The zero-order valence-corrected chi connectivity index (χ0v) is 15.1. The maximum Gasteiger partial charge on any atom is 0.410 e. The molecule has 0 radical (unpaired) electrons. The summed E-state index contributed by atoms with van der Waals surface area (Å²) in [4.78, 5) is 25.7. The third-order valence-corrected chi connectivity index (χ3v) is 3.97. The highest BCUT2D eigenvalue weighted by Crippen LogP contribution is 2.18. The number of esters is 1. The van der Waals surface area contributed by atoms with E-state index >= 15 is 0 Å². The molecule has 0 aromatic rings. The van der Waals surface area contributed by atoms with Crippen molar-refractivity contribution in [3.63, 3.8) is 0 Å². The highest BCUT2D eigenvalue weighted by molar-refractivity contribution is 5.74. The molecule has 0 aromatic heterocycles. The van der Waals surface area contributed by atoms with Crippen molar-refractivity contribution in [2.24, 2.45) is 0 Å². The summed E-state index contributed by atoms with van der Waals surface area (Å²) in [7, 11) is 0. The number of carbonyl (C=O) groups is 2. The van der Waals surface area contributed by atoms with Crippen LogP contribution in [-0.4, -0.2) is 67.2 Å². The van der Waals surface area contributed by atoms with Crippen LogP contribution < -0.4 is 0 Å². The molecule has 2 fully saturated rings. The standard InChI is InChI=1S/C17H29NO6/c1-12(22-11-14-6-5-9-21-14)15(19)23-13-7-8-18(10-13)16(20)24-17(2,3)4/h12-14H,5-11H2,1-4H3/t12?,13-,14?/m0/s1. The molecule has 1 amide bonds. The van der Waals surface area contributed by atoms with Gasteiger partial charge in [-0.2, -0.15) is 0 Å². The second-order valence-electron chi connectivity index (χ2n) is 7.38. The SMILES string of the molecule is CC(OCC1CCCO1)C(=O)O[C@H]1CCN(C(=O)OC(C)(C)C)C1. The third kappa shape index (κ3) is 5.94. The second-order valence-corrected chi connectivity index (χ2v) is 7.38. The number of amides is 1. The smallest absolute Gasteiger partial charge is 0.410 e. The van der Waals surface area contributed by atoms with E-state index < -0.39 is 17.7 Å². The summed E-state index contributed by atoms with van der Waals surface area (Å²) >= 11 is 0. The summed E-state index contributed by atoms with van der Waals surface area (Å²) in [6.07, 6.45) is 1.38. The summed E-state index contributed by atoms with van der Waals surface area (Å²) < 4.78 is 21.8. The summed E-state index contributed by atoms with van der Waals surface area (Å²) in [5.74, 6) is -0.399. The van der Waals surface area contributed by atoms with E-state index in [2.05, 4.69) is 0 Å². The van der Waals surface area contributed by atoms with Gasteiger partial charge < -0.3 is 23.8 Å². The molecular weight excluding hydrogens is 314 g/mol. The van der Waals surface area contributed by atoms with Gasteiger partial charge in [0.25, 0.3) is 0 Å². The number of ether oxygens (including phenoxy) is 4. The number of rotatable bonds is 5. The summed E-state index contributed by atoms with van der Waals surface area (Å²) in [5, 5.41) is 0. The van der Waals surface area contributed by atoms with Gasteiger partial charge in [-0.15, -0.1) is 0 Å². The lowest BCUT2D eigenvalue weighted by atomic mass is 10.2. The van der Waals surface area contributed by atoms with Crippen molar-refractivity contribution in [3.8, 4) is 0 Å². The maximum absolute atomic E-state index is 12.1. The van der Waals surface area contributed by atoms with Gasteiger partial charge in [-0.05, 0) is 40.5 Å². The van der Waals surface area contributed by atoms with Crippen LogP contribution in [0.5, 0.6) is 0 Å². The maximum atomic E-state index is 12.1. The molecular formula is C17H29NO6. The number of carbonyl (C=O) groups excluding carboxylic acids is 2. The average Bonchev–Trinajstić information content (AvgIpc) is 3.14. The molecule has 0 aromatic carbocycles. The number of nitrogens with zero attached hydrogens (tertiary/aromatic N) is 1. The Bertz CT molecular complexity index is 441. The van der Waals surface area contributed by atoms with E-state index in [1.807, 2.05) is 20.8 Å². The molecule has 0 bridgehead atoms. The van der Waals surface area contributed by atoms with E-state index in [1.54, 1.807) is 11.8 Å². The first-order valence-corrected chi connectivity index (χ1v) is 8.66. The van der Waals surface area contributed by atoms with Crippen molar-refractivity contribution >= 4 is 12.1 Å². The van der Waals surface area contributed by atoms with E-state index in [9.17, 15) is 9.59 Å². The lowest BCUT2D eigenvalue weighted by molar-refractivity contribution is -0.162. The van der Waals surface area contributed by atoms with Gasteiger partial charge in [0.2, 0.25) is 0 Å². The minimum absolute atomic E-state index is 0.0781. The average molecular weight is 343 g/mol. The Balaban J connectivity index is 1.69. The highest BCUT2D eigenvalue weighted by atomic mass is 16.6. The van der Waals surface area contributed by atoms with Crippen LogP contribution >= 0.6 is 0 Å². The zero-order valence-electron chi connectivity index (χ0n) is 15.1. The van der Waals surface area contributed by atoms with Gasteiger partial charge >= 0.3 is 12.1 Å². The molecule has 138 valence electrons. The fourth-order valence-electron chi connectivity index (χ4n) is 2.67. The van der Waals surface area contributed by atoms with Crippen LogP contribution in [0.25, 0.3) is 0 Å². The number of likely N-dealkylation sites (tertiary alicyclic amines) is 1. The molecule has 2 aliphatic rings. The first-order chi connectivity index (χ1) is 11.2. The Kier molecular flexibility index (Phi) is 6.46. The Hall–Kier alpha value is -1.34. The lowest BCUT2D eigenvalue weighted by Gasteiger charge is -2.24. The minimum atomic E-state index is -0.634. The molecule has 2 saturated heterocycles. The van der Waals surface area contributed by atoms with E-state index in [-0.39, 0.29) is 18.3 Å². The molecule has 7 heteroatoms. The monoisotopic (exact) mass is 343 g/mol. The Morgan fingerprint density at radius 1 is 1.29 bits per heavy atom. The Morgan fingerprint density at radius 2 is 2.04 bits per heavy atom. The molecule has 0 aliphatic carbocycles. The predicted molar refractivity (Wildman–Crippen MR) is 86.7 cm³/mol. The van der Waals surface area contributed by atoms with Crippen LogP contribution in [0, 0.1) is 0 Å². The van der Waals surface area contributed by atoms with Gasteiger partial charge in [0.05, 0.1) is 19.3 Å². The van der Waals surface area contributed by atoms with E-state index in [1.165, 1.54) is 0 Å². The quantitative estimate of drug-likeness (QED) is 0.712. The first kappa shape index (κ1) is 19.0. The van der Waals surface area contributed by atoms with E-state index in [0.717, 1.165) is 19.4 Å². The molecule has 2 heterocycles. The van der Waals surface area contributed by atoms with Gasteiger partial charge in [0.1, 0.15) is 11.7 Å². The van der Waals surface area contributed by atoms with E-state index in [0.29, 0.717) is 26.1 Å². The summed E-state index contributed by atoms with van der Waals surface area (Å²) in [6.45, 7) is 9.21. The molecule has 0 N–H and O–H groups in total. The van der Waals surface area contributed by atoms with Crippen molar-refractivity contribution in [2.45, 2.75) is 70.9 Å². The van der Waals surface area contributed by atoms with Gasteiger partial charge in [-0.25, -0.2) is 9.59 Å². The Labute approximate surface area is 143 Å². The van der Waals surface area contributed by atoms with Crippen LogP contribution in [0.1, 0.15) is 47.0 Å². The minimum Gasteiger partial charge on any atom is -0.458 e. The molecule has 0 saturated carbocycles. The first-order valence-electron chi connectivity index (χ1n) is 8.66. The molecule has 3 atom stereocenters. The molecule has 0 spiro atoms. The predicted octanol–water partition coefficient (Wildman–Crippen LogP) is 2.12. The van der Waals surface area contributed by atoms with Crippen molar-refractivity contribution < 1.29 is 28.5 Å². The van der Waals surface area contributed by atoms with Crippen LogP contribution in [-0.2, 0) is 23.7 Å². The van der Waals surface area contributed by atoms with Crippen LogP contribution in [0.2, 0.25) is 0 Å². The topological polar surface area (TPSA) is 74.3 Å². The normalized spacial score (nSPS) is 25.6. The number of hydrogen-bond donors (Lipinski definition) is 0. The number of hydrogen-bond acceptors (Lipinski definition) is 6. The zero-order chi connectivity index (χ0) is 17.7. The van der Waals surface area contributed by atoms with Gasteiger partial charge in [0.15, 0.2) is 6.10 Å². The molecule has 2 unspecified atom stereocenters. The third-order valence-electron chi connectivity index (χ3n) is 3.97.